The number of hydrogen-bond donors (Lipinski definition) is 2. The molecular formula is C24H30N4O5S. The van der Waals surface area contributed by atoms with Gasteiger partial charge in [-0.3, -0.25) is 9.59 Å². The van der Waals surface area contributed by atoms with E-state index in [1.165, 1.54) is 12.1 Å². The molecule has 2 aromatic rings. The molecule has 10 heteroatoms. The summed E-state index contributed by atoms with van der Waals surface area (Å²) in [6, 6.07) is 9.74. The quantitative estimate of drug-likeness (QED) is 0.620. The number of carbonyl (C=O) groups is 2. The van der Waals surface area contributed by atoms with Crippen molar-refractivity contribution in [3.05, 3.63) is 53.7 Å². The molecule has 0 spiro atoms. The van der Waals surface area contributed by atoms with E-state index in [4.69, 9.17) is 4.74 Å². The molecule has 0 radical (unpaired) electrons. The van der Waals surface area contributed by atoms with Crippen LogP contribution in [0.15, 0.2) is 47.5 Å². The molecule has 0 aliphatic carbocycles. The first-order valence-electron chi connectivity index (χ1n) is 11.6. The molecule has 1 unspecified atom stereocenters. The number of aromatic nitrogens is 1. The third kappa shape index (κ3) is 5.99. The molecule has 4 rings (SSSR count). The minimum atomic E-state index is -3.75. The molecule has 2 amide bonds. The summed E-state index contributed by atoms with van der Waals surface area (Å²) in [5, 5.41) is 2.85. The number of pyridine rings is 1. The maximum Gasteiger partial charge on any atom is 0.253 e. The summed E-state index contributed by atoms with van der Waals surface area (Å²) < 4.78 is 33.4. The number of sulfonamides is 1. The summed E-state index contributed by atoms with van der Waals surface area (Å²) in [5.74, 6) is -0.0271. The topological polar surface area (TPSA) is 118 Å². The first-order valence-corrected chi connectivity index (χ1v) is 13.0. The van der Waals surface area contributed by atoms with Crippen LogP contribution in [0.4, 0.5) is 5.82 Å². The summed E-state index contributed by atoms with van der Waals surface area (Å²) >= 11 is 0. The van der Waals surface area contributed by atoms with E-state index in [1.807, 2.05) is 19.1 Å². The third-order valence-corrected chi connectivity index (χ3v) is 7.66. The van der Waals surface area contributed by atoms with Gasteiger partial charge in [0.05, 0.1) is 11.0 Å². The van der Waals surface area contributed by atoms with Crippen LogP contribution in [0.1, 0.15) is 41.6 Å². The minimum Gasteiger partial charge on any atom is -0.377 e. The van der Waals surface area contributed by atoms with Gasteiger partial charge in [0.2, 0.25) is 15.9 Å². The number of amides is 2. The number of piperidine rings is 1. The molecule has 2 fully saturated rings. The maximum atomic E-state index is 13.0. The molecular weight excluding hydrogens is 456 g/mol. The first-order chi connectivity index (χ1) is 16.3. The summed E-state index contributed by atoms with van der Waals surface area (Å²) in [6.07, 6.45) is 4.36. The van der Waals surface area contributed by atoms with Crippen LogP contribution in [-0.4, -0.2) is 62.5 Å². The first kappa shape index (κ1) is 24.3. The Morgan fingerprint density at radius 1 is 1.15 bits per heavy atom. The standard InChI is InChI=1S/C24H30N4O5S/c1-17-7-10-25-22(14-17)27-23(29)18-8-11-28(12-9-18)24(30)19-4-2-6-21(15-19)34(31,32)26-16-20-5-3-13-33-20/h2,4,6-7,10,14-15,18,20,26H,3,5,8-9,11-13,16H2,1H3,(H,25,27,29). The summed E-state index contributed by atoms with van der Waals surface area (Å²) in [4.78, 5) is 31.5. The zero-order valence-corrected chi connectivity index (χ0v) is 20.0. The van der Waals surface area contributed by atoms with Gasteiger partial charge in [-0.05, 0) is 68.5 Å². The average molecular weight is 487 g/mol. The number of carbonyl (C=O) groups excluding carboxylic acids is 2. The van der Waals surface area contributed by atoms with Crippen LogP contribution in [0.2, 0.25) is 0 Å². The van der Waals surface area contributed by atoms with Crippen molar-refractivity contribution in [1.29, 1.82) is 0 Å². The smallest absolute Gasteiger partial charge is 0.253 e. The van der Waals surface area contributed by atoms with Crippen LogP contribution in [-0.2, 0) is 19.6 Å². The van der Waals surface area contributed by atoms with Crippen molar-refractivity contribution >= 4 is 27.7 Å². The van der Waals surface area contributed by atoms with Gasteiger partial charge >= 0.3 is 0 Å². The van der Waals surface area contributed by atoms with Crippen molar-refractivity contribution in [2.75, 3.05) is 31.6 Å². The van der Waals surface area contributed by atoms with Crippen LogP contribution in [0, 0.1) is 12.8 Å². The minimum absolute atomic E-state index is 0.0521. The van der Waals surface area contributed by atoms with Gasteiger partial charge in [0.15, 0.2) is 0 Å². The molecule has 2 N–H and O–H groups in total. The van der Waals surface area contributed by atoms with Crippen LogP contribution in [0.3, 0.4) is 0 Å². The summed E-state index contributed by atoms with van der Waals surface area (Å²) in [5.41, 5.74) is 1.32. The highest BCUT2D eigenvalue weighted by Crippen LogP contribution is 2.22. The number of nitrogens with zero attached hydrogens (tertiary/aromatic N) is 2. The molecule has 3 heterocycles. The van der Waals surface area contributed by atoms with Crippen molar-refractivity contribution < 1.29 is 22.7 Å². The Morgan fingerprint density at radius 3 is 2.65 bits per heavy atom. The number of aryl methyl sites for hydroxylation is 1. The van der Waals surface area contributed by atoms with E-state index >= 15 is 0 Å². The SMILES string of the molecule is Cc1ccnc(NC(=O)C2CCN(C(=O)c3cccc(S(=O)(=O)NCC4CCCO4)c3)CC2)c1. The number of anilines is 1. The zero-order chi connectivity index (χ0) is 24.1. The molecule has 1 aromatic heterocycles. The van der Waals surface area contributed by atoms with Crippen molar-refractivity contribution in [3.8, 4) is 0 Å². The van der Waals surface area contributed by atoms with E-state index in [0.717, 1.165) is 18.4 Å². The van der Waals surface area contributed by atoms with Crippen LogP contribution >= 0.6 is 0 Å². The fraction of sp³-hybridized carbons (Fsp3) is 0.458. The van der Waals surface area contributed by atoms with Crippen LogP contribution in [0.25, 0.3) is 0 Å². The zero-order valence-electron chi connectivity index (χ0n) is 19.2. The molecule has 34 heavy (non-hydrogen) atoms. The molecule has 1 atom stereocenters. The second-order valence-corrected chi connectivity index (χ2v) is 10.6. The highest BCUT2D eigenvalue weighted by Gasteiger charge is 2.29. The predicted molar refractivity (Wildman–Crippen MR) is 127 cm³/mol. The Balaban J connectivity index is 1.33. The van der Waals surface area contributed by atoms with Crippen molar-refractivity contribution in [3.63, 3.8) is 0 Å². The average Bonchev–Trinajstić information content (AvgIpc) is 3.36. The number of nitrogens with one attached hydrogen (secondary N) is 2. The molecule has 1 aromatic carbocycles. The van der Waals surface area contributed by atoms with Gasteiger partial charge in [0.25, 0.3) is 5.91 Å². The molecule has 0 saturated carbocycles. The van der Waals surface area contributed by atoms with Crippen molar-refractivity contribution in [1.82, 2.24) is 14.6 Å². The van der Waals surface area contributed by atoms with Crippen LogP contribution in [0.5, 0.6) is 0 Å². The predicted octanol–water partition coefficient (Wildman–Crippen LogP) is 2.34. The Kier molecular flexibility index (Phi) is 7.60. The van der Waals surface area contributed by atoms with Crippen molar-refractivity contribution in [2.24, 2.45) is 5.92 Å². The normalized spacial score (nSPS) is 19.2. The number of hydrogen-bond acceptors (Lipinski definition) is 6. The second-order valence-electron chi connectivity index (χ2n) is 8.79. The Morgan fingerprint density at radius 2 is 1.94 bits per heavy atom. The van der Waals surface area contributed by atoms with Crippen LogP contribution < -0.4 is 10.0 Å². The number of rotatable bonds is 7. The summed E-state index contributed by atoms with van der Waals surface area (Å²) in [6.45, 7) is 3.65. The lowest BCUT2D eigenvalue weighted by Crippen LogP contribution is -2.41. The fourth-order valence-corrected chi connectivity index (χ4v) is 5.36. The number of ether oxygens (including phenoxy) is 1. The van der Waals surface area contributed by atoms with Gasteiger partial charge in [-0.25, -0.2) is 18.1 Å². The molecule has 2 aliphatic rings. The lowest BCUT2D eigenvalue weighted by atomic mass is 9.95. The monoisotopic (exact) mass is 486 g/mol. The molecule has 2 saturated heterocycles. The van der Waals surface area contributed by atoms with E-state index in [-0.39, 0.29) is 35.3 Å². The van der Waals surface area contributed by atoms with Gasteiger partial charge in [0.1, 0.15) is 5.82 Å². The van der Waals surface area contributed by atoms with Gasteiger partial charge in [-0.15, -0.1) is 0 Å². The van der Waals surface area contributed by atoms with E-state index in [1.54, 1.807) is 23.2 Å². The largest absolute Gasteiger partial charge is 0.377 e. The van der Waals surface area contributed by atoms with E-state index in [2.05, 4.69) is 15.0 Å². The number of benzene rings is 1. The van der Waals surface area contributed by atoms with Gasteiger partial charge in [-0.1, -0.05) is 6.07 Å². The number of likely N-dealkylation sites (tertiary alicyclic amines) is 1. The molecule has 2 aliphatic heterocycles. The Bertz CT molecular complexity index is 1140. The molecule has 9 nitrogen and oxygen atoms in total. The Labute approximate surface area is 199 Å². The highest BCUT2D eigenvalue weighted by atomic mass is 32.2. The van der Waals surface area contributed by atoms with E-state index < -0.39 is 10.0 Å². The second kappa shape index (κ2) is 10.6. The van der Waals surface area contributed by atoms with E-state index in [9.17, 15) is 18.0 Å². The molecule has 0 bridgehead atoms. The summed E-state index contributed by atoms with van der Waals surface area (Å²) in [7, 11) is -3.75. The highest BCUT2D eigenvalue weighted by molar-refractivity contribution is 7.89. The fourth-order valence-electron chi connectivity index (χ4n) is 4.25. The van der Waals surface area contributed by atoms with E-state index in [0.29, 0.717) is 43.9 Å². The Hall–Kier alpha value is -2.82. The van der Waals surface area contributed by atoms with Gasteiger partial charge in [-0.2, -0.15) is 0 Å². The lowest BCUT2D eigenvalue weighted by Gasteiger charge is -2.31. The van der Waals surface area contributed by atoms with Gasteiger partial charge < -0.3 is 15.0 Å². The maximum absolute atomic E-state index is 13.0. The van der Waals surface area contributed by atoms with Gasteiger partial charge in [0, 0.05) is 43.9 Å². The third-order valence-electron chi connectivity index (χ3n) is 6.24. The van der Waals surface area contributed by atoms with Crippen molar-refractivity contribution in [2.45, 2.75) is 43.6 Å². The lowest BCUT2D eigenvalue weighted by molar-refractivity contribution is -0.121. The molecule has 182 valence electrons.